The van der Waals surface area contributed by atoms with E-state index in [9.17, 15) is 5.11 Å². The van der Waals surface area contributed by atoms with E-state index in [-0.39, 0.29) is 0 Å². The topological polar surface area (TPSA) is 23.5 Å². The van der Waals surface area contributed by atoms with Crippen LogP contribution in [0.4, 0.5) is 5.69 Å². The molecule has 0 fully saturated rings. The van der Waals surface area contributed by atoms with Gasteiger partial charge in [0.15, 0.2) is 0 Å². The summed E-state index contributed by atoms with van der Waals surface area (Å²) in [5.41, 5.74) is 2.12. The highest BCUT2D eigenvalue weighted by Crippen LogP contribution is 2.29. The Morgan fingerprint density at radius 3 is 2.47 bits per heavy atom. The lowest BCUT2D eigenvalue weighted by molar-refractivity contribution is 0.199. The molecule has 2 nitrogen and oxygen atoms in total. The Morgan fingerprint density at radius 1 is 1.35 bits per heavy atom. The summed E-state index contributed by atoms with van der Waals surface area (Å²) < 4.78 is 1.04. The Kier molecular flexibility index (Phi) is 5.47. The summed E-state index contributed by atoms with van der Waals surface area (Å²) in [6.45, 7) is 7.30. The molecule has 0 saturated heterocycles. The van der Waals surface area contributed by atoms with Crippen LogP contribution in [0.5, 0.6) is 0 Å². The summed E-state index contributed by atoms with van der Waals surface area (Å²) >= 11 is 3.58. The molecule has 1 rings (SSSR count). The fourth-order valence-electron chi connectivity index (χ4n) is 1.79. The largest absolute Gasteiger partial charge is 0.389 e. The summed E-state index contributed by atoms with van der Waals surface area (Å²) in [5.74, 6) is 0.684. The minimum Gasteiger partial charge on any atom is -0.389 e. The molecule has 0 radical (unpaired) electrons. The Balaban J connectivity index is 2.84. The van der Waals surface area contributed by atoms with Crippen LogP contribution in [0.1, 0.15) is 38.9 Å². The van der Waals surface area contributed by atoms with Crippen molar-refractivity contribution in [3.8, 4) is 0 Å². The zero-order valence-corrected chi connectivity index (χ0v) is 12.7. The van der Waals surface area contributed by atoms with Gasteiger partial charge in [0.25, 0.3) is 0 Å². The first kappa shape index (κ1) is 14.5. The predicted octanol–water partition coefficient (Wildman–Crippen LogP) is 3.98. The van der Waals surface area contributed by atoms with Gasteiger partial charge in [0.2, 0.25) is 0 Å². The lowest BCUT2D eigenvalue weighted by Crippen LogP contribution is -2.23. The van der Waals surface area contributed by atoms with Crippen molar-refractivity contribution >= 4 is 21.6 Å². The molecule has 0 heterocycles. The zero-order valence-electron chi connectivity index (χ0n) is 11.1. The van der Waals surface area contributed by atoms with Gasteiger partial charge in [-0.25, -0.2) is 0 Å². The molecule has 1 N–H and O–H groups in total. The highest BCUT2D eigenvalue weighted by molar-refractivity contribution is 9.10. The first-order chi connectivity index (χ1) is 7.95. The van der Waals surface area contributed by atoms with E-state index < -0.39 is 6.10 Å². The molecule has 2 unspecified atom stereocenters. The Bertz CT molecular complexity index is 365. The third-order valence-corrected chi connectivity index (χ3v) is 3.78. The fraction of sp³-hybridized carbons (Fsp3) is 0.571. The second-order valence-corrected chi connectivity index (χ2v) is 5.64. The number of aliphatic hydroxyl groups excluding tert-OH is 1. The van der Waals surface area contributed by atoms with Crippen molar-refractivity contribution < 1.29 is 5.11 Å². The molecular weight excluding hydrogens is 278 g/mol. The van der Waals surface area contributed by atoms with Gasteiger partial charge in [-0.15, -0.1) is 0 Å². The Hall–Kier alpha value is -0.540. The molecule has 0 aromatic heterocycles. The number of benzene rings is 1. The van der Waals surface area contributed by atoms with Crippen molar-refractivity contribution in [2.24, 2.45) is 5.92 Å². The van der Waals surface area contributed by atoms with Gasteiger partial charge in [0.05, 0.1) is 11.8 Å². The van der Waals surface area contributed by atoms with E-state index in [2.05, 4.69) is 47.8 Å². The van der Waals surface area contributed by atoms with Crippen LogP contribution in [0.15, 0.2) is 22.7 Å². The molecule has 0 aliphatic heterocycles. The maximum absolute atomic E-state index is 9.53. The molecule has 0 aliphatic carbocycles. The van der Waals surface area contributed by atoms with Crippen LogP contribution >= 0.6 is 15.9 Å². The molecule has 96 valence electrons. The van der Waals surface area contributed by atoms with E-state index in [0.717, 1.165) is 16.6 Å². The number of rotatable bonds is 5. The van der Waals surface area contributed by atoms with Crippen molar-refractivity contribution in [2.45, 2.75) is 33.3 Å². The molecule has 1 aromatic carbocycles. The first-order valence-corrected chi connectivity index (χ1v) is 6.93. The minimum atomic E-state index is -0.416. The smallest absolute Gasteiger partial charge is 0.0762 e. The second kappa shape index (κ2) is 6.41. The lowest BCUT2D eigenvalue weighted by Gasteiger charge is -2.24. The number of nitrogens with zero attached hydrogens (tertiary/aromatic N) is 1. The van der Waals surface area contributed by atoms with Gasteiger partial charge in [-0.05, 0) is 46.5 Å². The fourth-order valence-corrected chi connectivity index (χ4v) is 2.49. The molecule has 0 aliphatic rings. The predicted molar refractivity (Wildman–Crippen MR) is 77.5 cm³/mol. The van der Waals surface area contributed by atoms with Gasteiger partial charge in [0, 0.05) is 18.1 Å². The molecule has 3 heteroatoms. The summed E-state index contributed by atoms with van der Waals surface area (Å²) in [7, 11) is 2.11. The van der Waals surface area contributed by atoms with Crippen molar-refractivity contribution in [3.63, 3.8) is 0 Å². The molecule has 2 atom stereocenters. The molecule has 0 amide bonds. The third-order valence-electron chi connectivity index (χ3n) is 3.15. The molecule has 0 bridgehead atoms. The highest BCUT2D eigenvalue weighted by atomic mass is 79.9. The number of aliphatic hydroxyl groups is 1. The van der Waals surface area contributed by atoms with Crippen molar-refractivity contribution in [1.29, 1.82) is 0 Å². The minimum absolute atomic E-state index is 0.416. The SMILES string of the molecule is CCC(C)CN(C)c1ccc(C(C)O)cc1Br. The summed E-state index contributed by atoms with van der Waals surface area (Å²) in [6.07, 6.45) is 0.772. The normalized spacial score (nSPS) is 14.5. The van der Waals surface area contributed by atoms with E-state index >= 15 is 0 Å². The van der Waals surface area contributed by atoms with Crippen LogP contribution in [0.2, 0.25) is 0 Å². The van der Waals surface area contributed by atoms with Crippen LogP contribution in [-0.2, 0) is 0 Å². The van der Waals surface area contributed by atoms with E-state index in [1.165, 1.54) is 12.1 Å². The zero-order chi connectivity index (χ0) is 13.0. The van der Waals surface area contributed by atoms with Gasteiger partial charge < -0.3 is 10.0 Å². The average molecular weight is 300 g/mol. The summed E-state index contributed by atoms with van der Waals surface area (Å²) in [5, 5.41) is 9.53. The van der Waals surface area contributed by atoms with Crippen LogP contribution in [-0.4, -0.2) is 18.7 Å². The standard InChI is InChI=1S/C14H22BrNO/c1-5-10(2)9-16(4)14-7-6-12(11(3)17)8-13(14)15/h6-8,10-11,17H,5,9H2,1-4H3. The van der Waals surface area contributed by atoms with Crippen LogP contribution < -0.4 is 4.90 Å². The van der Waals surface area contributed by atoms with E-state index in [4.69, 9.17) is 0 Å². The summed E-state index contributed by atoms with van der Waals surface area (Å²) in [4.78, 5) is 2.25. The Morgan fingerprint density at radius 2 is 2.00 bits per heavy atom. The second-order valence-electron chi connectivity index (χ2n) is 4.78. The number of hydrogen-bond donors (Lipinski definition) is 1. The monoisotopic (exact) mass is 299 g/mol. The van der Waals surface area contributed by atoms with Crippen LogP contribution in [0.3, 0.4) is 0 Å². The van der Waals surface area contributed by atoms with Gasteiger partial charge in [-0.2, -0.15) is 0 Å². The van der Waals surface area contributed by atoms with Crippen molar-refractivity contribution in [1.82, 2.24) is 0 Å². The van der Waals surface area contributed by atoms with E-state index in [1.54, 1.807) is 6.92 Å². The number of hydrogen-bond acceptors (Lipinski definition) is 2. The molecule has 17 heavy (non-hydrogen) atoms. The van der Waals surface area contributed by atoms with E-state index in [1.807, 2.05) is 12.1 Å². The van der Waals surface area contributed by atoms with Crippen molar-refractivity contribution in [2.75, 3.05) is 18.5 Å². The first-order valence-electron chi connectivity index (χ1n) is 6.14. The number of halogens is 1. The quantitative estimate of drug-likeness (QED) is 0.889. The molecular formula is C14H22BrNO. The maximum Gasteiger partial charge on any atom is 0.0762 e. The highest BCUT2D eigenvalue weighted by Gasteiger charge is 2.10. The maximum atomic E-state index is 9.53. The van der Waals surface area contributed by atoms with Gasteiger partial charge >= 0.3 is 0 Å². The van der Waals surface area contributed by atoms with Gasteiger partial charge in [-0.3, -0.25) is 0 Å². The lowest BCUT2D eigenvalue weighted by atomic mass is 10.1. The average Bonchev–Trinajstić information content (AvgIpc) is 2.28. The van der Waals surface area contributed by atoms with E-state index in [0.29, 0.717) is 5.92 Å². The molecule has 0 saturated carbocycles. The van der Waals surface area contributed by atoms with Crippen LogP contribution in [0, 0.1) is 5.92 Å². The number of anilines is 1. The summed E-state index contributed by atoms with van der Waals surface area (Å²) in [6, 6.07) is 6.04. The third kappa shape index (κ3) is 4.00. The molecule has 1 aromatic rings. The van der Waals surface area contributed by atoms with Crippen molar-refractivity contribution in [3.05, 3.63) is 28.2 Å². The van der Waals surface area contributed by atoms with Gasteiger partial charge in [-0.1, -0.05) is 26.3 Å². The van der Waals surface area contributed by atoms with Crippen LogP contribution in [0.25, 0.3) is 0 Å². The van der Waals surface area contributed by atoms with Gasteiger partial charge in [0.1, 0.15) is 0 Å². The molecule has 0 spiro atoms. The Labute approximate surface area is 113 Å².